The monoisotopic (exact) mass is 300 g/mol. The van der Waals surface area contributed by atoms with Crippen molar-refractivity contribution in [1.82, 2.24) is 0 Å². The van der Waals surface area contributed by atoms with Crippen LogP contribution in [0.5, 0.6) is 0 Å². The Morgan fingerprint density at radius 1 is 0.667 bits per heavy atom. The molecule has 0 fully saturated rings. The van der Waals surface area contributed by atoms with Gasteiger partial charge in [-0.1, -0.05) is 36.4 Å². The molecular weight excluding hydrogens is 280 g/mol. The summed E-state index contributed by atoms with van der Waals surface area (Å²) in [6, 6.07) is 17.0. The highest BCUT2D eigenvalue weighted by Crippen LogP contribution is 2.79. The second-order valence-corrected chi connectivity index (χ2v) is 8.90. The van der Waals surface area contributed by atoms with Gasteiger partial charge in [-0.3, -0.25) is 8.37 Å². The van der Waals surface area contributed by atoms with E-state index in [-0.39, 0.29) is 11.2 Å². The molecule has 0 saturated heterocycles. The zero-order chi connectivity index (χ0) is 14.9. The summed E-state index contributed by atoms with van der Waals surface area (Å²) in [6.07, 6.45) is 0. The fraction of sp³-hybridized carbons (Fsp3) is 0.333. The third-order valence-electron chi connectivity index (χ3n) is 4.30. The van der Waals surface area contributed by atoms with Crippen molar-refractivity contribution in [1.29, 1.82) is 0 Å². The highest BCUT2D eigenvalue weighted by Gasteiger charge is 2.53. The predicted molar refractivity (Wildman–Crippen MR) is 85.2 cm³/mol. The van der Waals surface area contributed by atoms with E-state index in [0.29, 0.717) is 0 Å². The van der Waals surface area contributed by atoms with Crippen LogP contribution in [0.1, 0.15) is 38.8 Å². The fourth-order valence-corrected chi connectivity index (χ4v) is 7.09. The molecule has 2 aromatic rings. The number of hydrogen-bond acceptors (Lipinski definition) is 2. The Bertz CT molecular complexity index is 670. The Morgan fingerprint density at radius 2 is 1.05 bits per heavy atom. The summed E-state index contributed by atoms with van der Waals surface area (Å²) in [5, 5.41) is 0. The standard InChI is InChI=1S/C18H20O2S/c1-17(2)13-9-5-7-11-15(13)21(19-17)16-12-8-6-10-14(16)18(3,4)20-21/h5-12H,1-4H3. The third-order valence-corrected chi connectivity index (χ3v) is 7.47. The molecule has 110 valence electrons. The molecule has 0 N–H and O–H groups in total. The van der Waals surface area contributed by atoms with E-state index in [4.69, 9.17) is 8.37 Å². The molecule has 2 aliphatic heterocycles. The molecule has 0 saturated carbocycles. The highest BCUT2D eigenvalue weighted by molar-refractivity contribution is 8.26. The van der Waals surface area contributed by atoms with E-state index in [9.17, 15) is 0 Å². The van der Waals surface area contributed by atoms with Crippen LogP contribution in [0.25, 0.3) is 0 Å². The second kappa shape index (κ2) is 3.92. The summed E-state index contributed by atoms with van der Waals surface area (Å²) in [6.45, 7) is 8.52. The van der Waals surface area contributed by atoms with Crippen molar-refractivity contribution in [2.75, 3.05) is 0 Å². The van der Waals surface area contributed by atoms with Crippen LogP contribution in [0.15, 0.2) is 58.3 Å². The van der Waals surface area contributed by atoms with Crippen molar-refractivity contribution >= 4 is 10.6 Å². The topological polar surface area (TPSA) is 18.5 Å². The summed E-state index contributed by atoms with van der Waals surface area (Å²) in [4.78, 5) is 2.43. The van der Waals surface area contributed by atoms with E-state index in [2.05, 4.69) is 76.2 Å². The lowest BCUT2D eigenvalue weighted by Crippen LogP contribution is -2.18. The van der Waals surface area contributed by atoms with E-state index in [0.717, 1.165) is 0 Å². The van der Waals surface area contributed by atoms with Crippen molar-refractivity contribution in [2.24, 2.45) is 0 Å². The molecule has 0 aromatic heterocycles. The Hall–Kier alpha value is -1.29. The summed E-state index contributed by atoms with van der Waals surface area (Å²) >= 11 is 0. The van der Waals surface area contributed by atoms with Crippen molar-refractivity contribution in [2.45, 2.75) is 48.7 Å². The largest absolute Gasteiger partial charge is 0.264 e. The minimum Gasteiger partial charge on any atom is -0.264 e. The van der Waals surface area contributed by atoms with Crippen molar-refractivity contribution in [3.8, 4) is 0 Å². The van der Waals surface area contributed by atoms with Crippen molar-refractivity contribution < 1.29 is 8.37 Å². The minimum absolute atomic E-state index is 0.320. The maximum absolute atomic E-state index is 6.59. The molecule has 2 aliphatic rings. The molecule has 0 radical (unpaired) electrons. The molecular formula is C18H20O2S. The first kappa shape index (κ1) is 13.4. The van der Waals surface area contributed by atoms with Crippen LogP contribution >= 0.6 is 10.6 Å². The van der Waals surface area contributed by atoms with E-state index < -0.39 is 10.6 Å². The van der Waals surface area contributed by atoms with Crippen molar-refractivity contribution in [3.63, 3.8) is 0 Å². The SMILES string of the molecule is CC1(C)OS2(OC(C)(C)c3ccccc32)c2ccccc21. The van der Waals surface area contributed by atoms with Gasteiger partial charge in [0.05, 0.1) is 9.79 Å². The number of hydrogen-bond donors (Lipinski definition) is 0. The Kier molecular flexibility index (Phi) is 2.49. The van der Waals surface area contributed by atoms with Crippen LogP contribution in [0, 0.1) is 0 Å². The second-order valence-electron chi connectivity index (χ2n) is 6.68. The van der Waals surface area contributed by atoms with Gasteiger partial charge in [0, 0.05) is 11.1 Å². The number of rotatable bonds is 0. The maximum Gasteiger partial charge on any atom is 0.115 e. The highest BCUT2D eigenvalue weighted by atomic mass is 32.3. The van der Waals surface area contributed by atoms with Crippen LogP contribution in [0.2, 0.25) is 0 Å². The number of benzene rings is 2. The normalized spacial score (nSPS) is 24.6. The van der Waals surface area contributed by atoms with Gasteiger partial charge in [0.1, 0.15) is 11.2 Å². The molecule has 2 heterocycles. The minimum atomic E-state index is -1.86. The quantitative estimate of drug-likeness (QED) is 0.660. The van der Waals surface area contributed by atoms with E-state index >= 15 is 0 Å². The smallest absolute Gasteiger partial charge is 0.115 e. The molecule has 0 unspecified atom stereocenters. The summed E-state index contributed by atoms with van der Waals surface area (Å²) in [5.41, 5.74) is 1.85. The van der Waals surface area contributed by atoms with Gasteiger partial charge in [0.25, 0.3) is 0 Å². The predicted octanol–water partition coefficient (Wildman–Crippen LogP) is 5.27. The lowest BCUT2D eigenvalue weighted by atomic mass is 9.99. The van der Waals surface area contributed by atoms with Crippen LogP contribution in [0.4, 0.5) is 0 Å². The summed E-state index contributed by atoms with van der Waals surface area (Å²) in [5.74, 6) is 0. The van der Waals surface area contributed by atoms with Crippen LogP contribution < -0.4 is 0 Å². The van der Waals surface area contributed by atoms with Crippen LogP contribution in [-0.2, 0) is 19.6 Å². The Labute approximate surface area is 127 Å². The van der Waals surface area contributed by atoms with E-state index in [1.54, 1.807) is 0 Å². The third kappa shape index (κ3) is 1.62. The van der Waals surface area contributed by atoms with Crippen molar-refractivity contribution in [3.05, 3.63) is 59.7 Å². The van der Waals surface area contributed by atoms with Gasteiger partial charge in [-0.25, -0.2) is 0 Å². The first-order valence-electron chi connectivity index (χ1n) is 7.30. The molecule has 0 aliphatic carbocycles. The zero-order valence-electron chi connectivity index (χ0n) is 12.8. The Morgan fingerprint density at radius 3 is 1.48 bits per heavy atom. The molecule has 1 spiro atoms. The molecule has 2 aromatic carbocycles. The number of fused-ring (bicyclic) bond motifs is 4. The zero-order valence-corrected chi connectivity index (χ0v) is 13.7. The van der Waals surface area contributed by atoms with Crippen LogP contribution in [0.3, 0.4) is 0 Å². The maximum atomic E-state index is 6.59. The van der Waals surface area contributed by atoms with Gasteiger partial charge in [0.15, 0.2) is 0 Å². The lowest BCUT2D eigenvalue weighted by molar-refractivity contribution is 0.0816. The molecule has 0 amide bonds. The fourth-order valence-electron chi connectivity index (χ4n) is 3.39. The summed E-state index contributed by atoms with van der Waals surface area (Å²) < 4.78 is 13.2. The first-order valence-corrected chi connectivity index (χ1v) is 8.79. The molecule has 0 bridgehead atoms. The molecule has 2 nitrogen and oxygen atoms in total. The average Bonchev–Trinajstić information content (AvgIpc) is 2.81. The average molecular weight is 300 g/mol. The lowest BCUT2D eigenvalue weighted by Gasteiger charge is -2.39. The van der Waals surface area contributed by atoms with Gasteiger partial charge in [-0.15, -0.1) is 10.6 Å². The van der Waals surface area contributed by atoms with E-state index in [1.165, 1.54) is 20.9 Å². The molecule has 3 heteroatoms. The molecule has 21 heavy (non-hydrogen) atoms. The van der Waals surface area contributed by atoms with E-state index in [1.807, 2.05) is 0 Å². The first-order chi connectivity index (χ1) is 9.87. The van der Waals surface area contributed by atoms with Gasteiger partial charge in [0.2, 0.25) is 0 Å². The van der Waals surface area contributed by atoms with Crippen LogP contribution in [-0.4, -0.2) is 0 Å². The van der Waals surface area contributed by atoms with Gasteiger partial charge < -0.3 is 0 Å². The molecule has 4 rings (SSSR count). The molecule has 0 atom stereocenters. The van der Waals surface area contributed by atoms with Gasteiger partial charge >= 0.3 is 0 Å². The van der Waals surface area contributed by atoms with Gasteiger partial charge in [-0.2, -0.15) is 0 Å². The van der Waals surface area contributed by atoms with Gasteiger partial charge in [-0.05, 0) is 39.8 Å². The summed E-state index contributed by atoms with van der Waals surface area (Å²) in [7, 11) is -1.86. The Balaban J connectivity index is 2.04.